The molecule has 0 N–H and O–H groups in total. The summed E-state index contributed by atoms with van der Waals surface area (Å²) in [4.78, 5) is 12.6. The van der Waals surface area contributed by atoms with Crippen LogP contribution in [0.2, 0.25) is 5.02 Å². The van der Waals surface area contributed by atoms with Gasteiger partial charge in [0.2, 0.25) is 0 Å². The van der Waals surface area contributed by atoms with Crippen LogP contribution >= 0.6 is 11.6 Å². The molecule has 0 saturated carbocycles. The van der Waals surface area contributed by atoms with Gasteiger partial charge in [-0.15, -0.1) is 0 Å². The van der Waals surface area contributed by atoms with Crippen LogP contribution < -0.4 is 0 Å². The molecule has 0 atom stereocenters. The first-order valence-corrected chi connectivity index (χ1v) is 6.77. The van der Waals surface area contributed by atoms with E-state index in [9.17, 15) is 4.79 Å². The molecular formula is C15H24ClNO. The van der Waals surface area contributed by atoms with E-state index in [0.29, 0.717) is 16.5 Å². The first-order chi connectivity index (χ1) is 8.46. The van der Waals surface area contributed by atoms with Gasteiger partial charge in [-0.05, 0) is 37.7 Å². The Hall–Kier alpha value is -0.860. The van der Waals surface area contributed by atoms with Crippen molar-refractivity contribution in [2.24, 2.45) is 0 Å². The molecule has 0 spiro atoms. The second kappa shape index (κ2) is 9.12. The summed E-state index contributed by atoms with van der Waals surface area (Å²) in [5, 5.41) is 0.676. The normalized spacial score (nSPS) is 10.2. The molecule has 0 aliphatic rings. The molecule has 1 aromatic carbocycles. The van der Waals surface area contributed by atoms with Gasteiger partial charge in [-0.1, -0.05) is 51.4 Å². The number of hydrogen-bond donors (Lipinski definition) is 0. The SMILES string of the molecule is CC(C)c1ccc(C=O)cc1Cl.CCN(C)CC. The van der Waals surface area contributed by atoms with Crippen LogP contribution in [0.15, 0.2) is 18.2 Å². The molecule has 0 amide bonds. The van der Waals surface area contributed by atoms with E-state index in [1.807, 2.05) is 6.07 Å². The fourth-order valence-electron chi connectivity index (χ4n) is 1.31. The van der Waals surface area contributed by atoms with Crippen molar-refractivity contribution in [1.82, 2.24) is 4.90 Å². The van der Waals surface area contributed by atoms with Crippen LogP contribution in [-0.4, -0.2) is 31.3 Å². The van der Waals surface area contributed by atoms with Gasteiger partial charge in [0.05, 0.1) is 0 Å². The van der Waals surface area contributed by atoms with Gasteiger partial charge in [0.15, 0.2) is 0 Å². The van der Waals surface area contributed by atoms with Gasteiger partial charge in [-0.2, -0.15) is 0 Å². The van der Waals surface area contributed by atoms with Gasteiger partial charge in [-0.25, -0.2) is 0 Å². The smallest absolute Gasteiger partial charge is 0.150 e. The van der Waals surface area contributed by atoms with Gasteiger partial charge in [0.1, 0.15) is 6.29 Å². The van der Waals surface area contributed by atoms with Crippen molar-refractivity contribution in [2.75, 3.05) is 20.1 Å². The second-order valence-electron chi connectivity index (χ2n) is 4.54. The lowest BCUT2D eigenvalue weighted by molar-refractivity contribution is 0.112. The molecule has 0 aliphatic heterocycles. The number of aldehydes is 1. The Balaban J connectivity index is 0.000000411. The standard InChI is InChI=1S/C10H11ClO.C5H13N/c1-7(2)9-4-3-8(6-12)5-10(9)11;1-4-6(3)5-2/h3-7H,1-2H3;4-5H2,1-3H3. The summed E-state index contributed by atoms with van der Waals surface area (Å²) < 4.78 is 0. The Morgan fingerprint density at radius 2 is 1.83 bits per heavy atom. The number of carbonyl (C=O) groups excluding carboxylic acids is 1. The summed E-state index contributed by atoms with van der Waals surface area (Å²) in [6.07, 6.45) is 0.802. The zero-order chi connectivity index (χ0) is 14.1. The number of carbonyl (C=O) groups is 1. The lowest BCUT2D eigenvalue weighted by atomic mass is 10.0. The predicted molar refractivity (Wildman–Crippen MR) is 79.8 cm³/mol. The van der Waals surface area contributed by atoms with Crippen LogP contribution in [0.5, 0.6) is 0 Å². The van der Waals surface area contributed by atoms with Gasteiger partial charge in [-0.3, -0.25) is 4.79 Å². The summed E-state index contributed by atoms with van der Waals surface area (Å²) in [5.41, 5.74) is 1.71. The topological polar surface area (TPSA) is 20.3 Å². The van der Waals surface area contributed by atoms with Gasteiger partial charge < -0.3 is 4.90 Å². The number of hydrogen-bond acceptors (Lipinski definition) is 2. The third-order valence-electron chi connectivity index (χ3n) is 2.86. The number of nitrogens with zero attached hydrogens (tertiary/aromatic N) is 1. The number of rotatable bonds is 4. The Labute approximate surface area is 116 Å². The van der Waals surface area contributed by atoms with E-state index in [2.05, 4.69) is 39.6 Å². The maximum absolute atomic E-state index is 10.4. The highest BCUT2D eigenvalue weighted by molar-refractivity contribution is 6.31. The Bertz CT molecular complexity index is 360. The van der Waals surface area contributed by atoms with Crippen LogP contribution in [0.1, 0.15) is 49.5 Å². The fourth-order valence-corrected chi connectivity index (χ4v) is 1.72. The van der Waals surface area contributed by atoms with Crippen molar-refractivity contribution in [1.29, 1.82) is 0 Å². The van der Waals surface area contributed by atoms with Crippen molar-refractivity contribution < 1.29 is 4.79 Å². The third kappa shape index (κ3) is 6.18. The highest BCUT2D eigenvalue weighted by Gasteiger charge is 2.04. The molecule has 0 saturated heterocycles. The number of halogens is 1. The van der Waals surface area contributed by atoms with Crippen molar-refractivity contribution in [3.63, 3.8) is 0 Å². The predicted octanol–water partition coefficient (Wildman–Crippen LogP) is 4.23. The maximum atomic E-state index is 10.4. The van der Waals surface area contributed by atoms with Gasteiger partial charge >= 0.3 is 0 Å². The molecular weight excluding hydrogens is 246 g/mol. The van der Waals surface area contributed by atoms with Crippen molar-refractivity contribution in [3.05, 3.63) is 34.3 Å². The summed E-state index contributed by atoms with van der Waals surface area (Å²) >= 11 is 5.94. The third-order valence-corrected chi connectivity index (χ3v) is 3.19. The monoisotopic (exact) mass is 269 g/mol. The zero-order valence-corrected chi connectivity index (χ0v) is 12.8. The lowest BCUT2D eigenvalue weighted by Gasteiger charge is -2.07. The highest BCUT2D eigenvalue weighted by Crippen LogP contribution is 2.24. The summed E-state index contributed by atoms with van der Waals surface area (Å²) in [7, 11) is 2.11. The summed E-state index contributed by atoms with van der Waals surface area (Å²) in [6, 6.07) is 5.38. The Morgan fingerprint density at radius 3 is 2.11 bits per heavy atom. The van der Waals surface area contributed by atoms with Crippen molar-refractivity contribution in [3.8, 4) is 0 Å². The van der Waals surface area contributed by atoms with E-state index in [1.54, 1.807) is 12.1 Å². The first-order valence-electron chi connectivity index (χ1n) is 6.39. The molecule has 18 heavy (non-hydrogen) atoms. The molecule has 0 bridgehead atoms. The number of benzene rings is 1. The molecule has 102 valence electrons. The van der Waals surface area contributed by atoms with E-state index in [-0.39, 0.29) is 0 Å². The maximum Gasteiger partial charge on any atom is 0.150 e. The molecule has 0 aromatic heterocycles. The molecule has 1 rings (SSSR count). The molecule has 3 heteroatoms. The van der Waals surface area contributed by atoms with Gasteiger partial charge in [0.25, 0.3) is 0 Å². The Morgan fingerprint density at radius 1 is 1.28 bits per heavy atom. The lowest BCUT2D eigenvalue weighted by Crippen LogP contribution is -2.15. The van der Waals surface area contributed by atoms with E-state index in [4.69, 9.17) is 11.6 Å². The summed E-state index contributed by atoms with van der Waals surface area (Å²) in [5.74, 6) is 0.401. The van der Waals surface area contributed by atoms with E-state index in [1.165, 1.54) is 0 Å². The Kier molecular flexibility index (Phi) is 8.69. The van der Waals surface area contributed by atoms with E-state index in [0.717, 1.165) is 24.9 Å². The quantitative estimate of drug-likeness (QED) is 0.763. The van der Waals surface area contributed by atoms with Crippen LogP contribution in [0.25, 0.3) is 0 Å². The van der Waals surface area contributed by atoms with Crippen LogP contribution in [0, 0.1) is 0 Å². The first kappa shape index (κ1) is 17.1. The molecule has 0 unspecified atom stereocenters. The molecule has 0 heterocycles. The largest absolute Gasteiger partial charge is 0.307 e. The molecule has 0 radical (unpaired) electrons. The second-order valence-corrected chi connectivity index (χ2v) is 4.95. The summed E-state index contributed by atoms with van der Waals surface area (Å²) in [6.45, 7) is 10.8. The molecule has 0 aliphatic carbocycles. The van der Waals surface area contributed by atoms with Crippen LogP contribution in [0.4, 0.5) is 0 Å². The minimum atomic E-state index is 0.401. The van der Waals surface area contributed by atoms with Crippen LogP contribution in [-0.2, 0) is 0 Å². The van der Waals surface area contributed by atoms with Crippen molar-refractivity contribution >= 4 is 17.9 Å². The average Bonchev–Trinajstić information content (AvgIpc) is 2.37. The van der Waals surface area contributed by atoms with E-state index >= 15 is 0 Å². The highest BCUT2D eigenvalue weighted by atomic mass is 35.5. The van der Waals surface area contributed by atoms with Crippen LogP contribution in [0.3, 0.4) is 0 Å². The average molecular weight is 270 g/mol. The zero-order valence-electron chi connectivity index (χ0n) is 12.0. The fraction of sp³-hybridized carbons (Fsp3) is 0.533. The van der Waals surface area contributed by atoms with E-state index < -0.39 is 0 Å². The van der Waals surface area contributed by atoms with Gasteiger partial charge in [0, 0.05) is 10.6 Å². The molecule has 2 nitrogen and oxygen atoms in total. The minimum absolute atomic E-state index is 0.401. The molecule has 0 fully saturated rings. The van der Waals surface area contributed by atoms with Crippen molar-refractivity contribution in [2.45, 2.75) is 33.6 Å². The molecule has 1 aromatic rings. The minimum Gasteiger partial charge on any atom is -0.307 e.